The molecule has 3 aromatic rings. The van der Waals surface area contributed by atoms with Gasteiger partial charge >= 0.3 is 0 Å². The molecular weight excluding hydrogens is 342 g/mol. The Morgan fingerprint density at radius 1 is 1.18 bits per heavy atom. The second kappa shape index (κ2) is 5.57. The quantitative estimate of drug-likeness (QED) is 0.744. The van der Waals surface area contributed by atoms with Crippen molar-refractivity contribution >= 4 is 33.2 Å². The van der Waals surface area contributed by atoms with Gasteiger partial charge in [-0.3, -0.25) is 9.20 Å². The fourth-order valence-corrected chi connectivity index (χ4v) is 2.70. The molecule has 2 heterocycles. The molecule has 0 saturated heterocycles. The molecular formula is C17H16BrN3O. The summed E-state index contributed by atoms with van der Waals surface area (Å²) >= 11 is 3.46. The largest absolute Gasteiger partial charge is 0.321 e. The monoisotopic (exact) mass is 357 g/mol. The van der Waals surface area contributed by atoms with Gasteiger partial charge in [-0.15, -0.1) is 0 Å². The summed E-state index contributed by atoms with van der Waals surface area (Å²) in [5.74, 6) is -0.157. The third kappa shape index (κ3) is 2.64. The number of anilines is 1. The Labute approximate surface area is 137 Å². The number of rotatable bonds is 2. The van der Waals surface area contributed by atoms with Crippen molar-refractivity contribution in [3.63, 3.8) is 0 Å². The van der Waals surface area contributed by atoms with Crippen molar-refractivity contribution in [1.29, 1.82) is 0 Å². The number of pyridine rings is 1. The second-order valence-corrected chi connectivity index (χ2v) is 6.25. The van der Waals surface area contributed by atoms with Gasteiger partial charge in [-0.1, -0.05) is 15.9 Å². The summed E-state index contributed by atoms with van der Waals surface area (Å²) in [6.07, 6.45) is 1.88. The summed E-state index contributed by atoms with van der Waals surface area (Å²) in [6, 6.07) is 9.67. The van der Waals surface area contributed by atoms with Gasteiger partial charge in [0.1, 0.15) is 11.3 Å². The zero-order chi connectivity index (χ0) is 15.9. The van der Waals surface area contributed by atoms with Crippen LogP contribution in [0.15, 0.2) is 41.0 Å². The van der Waals surface area contributed by atoms with E-state index in [1.165, 1.54) is 0 Å². The third-order valence-electron chi connectivity index (χ3n) is 3.59. The van der Waals surface area contributed by atoms with Gasteiger partial charge < -0.3 is 5.32 Å². The second-order valence-electron chi connectivity index (χ2n) is 5.40. The molecule has 0 radical (unpaired) electrons. The normalized spacial score (nSPS) is 10.9. The lowest BCUT2D eigenvalue weighted by molar-refractivity contribution is 0.102. The van der Waals surface area contributed by atoms with Crippen molar-refractivity contribution in [3.05, 3.63) is 63.5 Å². The predicted molar refractivity (Wildman–Crippen MR) is 91.5 cm³/mol. The van der Waals surface area contributed by atoms with Crippen LogP contribution in [0.4, 0.5) is 5.69 Å². The maximum atomic E-state index is 12.6. The molecule has 0 fully saturated rings. The fourth-order valence-electron chi connectivity index (χ4n) is 2.45. The third-order valence-corrected chi connectivity index (χ3v) is 4.48. The van der Waals surface area contributed by atoms with E-state index in [4.69, 9.17) is 0 Å². The van der Waals surface area contributed by atoms with Crippen LogP contribution in [0.3, 0.4) is 0 Å². The van der Waals surface area contributed by atoms with Crippen molar-refractivity contribution in [3.8, 4) is 0 Å². The fraction of sp³-hybridized carbons (Fsp3) is 0.176. The zero-order valence-corrected chi connectivity index (χ0v) is 14.2. The van der Waals surface area contributed by atoms with Crippen LogP contribution in [-0.2, 0) is 0 Å². The van der Waals surface area contributed by atoms with E-state index in [9.17, 15) is 4.79 Å². The van der Waals surface area contributed by atoms with Crippen LogP contribution in [0.1, 0.15) is 27.3 Å². The summed E-state index contributed by atoms with van der Waals surface area (Å²) in [6.45, 7) is 5.85. The van der Waals surface area contributed by atoms with Gasteiger partial charge in [0.15, 0.2) is 0 Å². The van der Waals surface area contributed by atoms with Crippen LogP contribution in [0.5, 0.6) is 0 Å². The average Bonchev–Trinajstić information content (AvgIpc) is 2.78. The number of nitrogens with zero attached hydrogens (tertiary/aromatic N) is 2. The first kappa shape index (κ1) is 14.8. The highest BCUT2D eigenvalue weighted by atomic mass is 79.9. The number of nitrogens with one attached hydrogen (secondary N) is 1. The first-order chi connectivity index (χ1) is 10.5. The van der Waals surface area contributed by atoms with E-state index < -0.39 is 0 Å². The number of imidazole rings is 1. The van der Waals surface area contributed by atoms with E-state index in [-0.39, 0.29) is 5.91 Å². The maximum absolute atomic E-state index is 12.6. The molecule has 0 saturated carbocycles. The number of carbonyl (C=O) groups excluding carboxylic acids is 1. The highest BCUT2D eigenvalue weighted by Gasteiger charge is 2.16. The number of fused-ring (bicyclic) bond motifs is 1. The summed E-state index contributed by atoms with van der Waals surface area (Å²) in [5, 5.41) is 2.94. The molecule has 0 aliphatic rings. The Hall–Kier alpha value is -2.14. The number of halogens is 1. The highest BCUT2D eigenvalue weighted by molar-refractivity contribution is 9.10. The topological polar surface area (TPSA) is 46.4 Å². The average molecular weight is 358 g/mol. The predicted octanol–water partition coefficient (Wildman–Crippen LogP) is 4.27. The SMILES string of the molecule is Cc1ccn2c(C(=O)Nc3ccc(Br)c(C)c3)c(C)nc2c1. The molecule has 0 spiro atoms. The standard InChI is InChI=1S/C17H16BrN3O/c1-10-6-7-21-15(8-10)19-12(3)16(21)17(22)20-13-4-5-14(18)11(2)9-13/h4-9H,1-3H3,(H,20,22). The Bertz CT molecular complexity index is 883. The first-order valence-electron chi connectivity index (χ1n) is 6.98. The number of hydrogen-bond acceptors (Lipinski definition) is 2. The number of aryl methyl sites for hydroxylation is 3. The first-order valence-corrected chi connectivity index (χ1v) is 7.78. The molecule has 22 heavy (non-hydrogen) atoms. The Kier molecular flexibility index (Phi) is 3.74. The van der Waals surface area contributed by atoms with Gasteiger partial charge in [0.25, 0.3) is 5.91 Å². The molecule has 2 aromatic heterocycles. The van der Waals surface area contributed by atoms with Crippen LogP contribution in [-0.4, -0.2) is 15.3 Å². The van der Waals surface area contributed by atoms with Crippen LogP contribution in [0, 0.1) is 20.8 Å². The Morgan fingerprint density at radius 2 is 1.95 bits per heavy atom. The molecule has 0 unspecified atom stereocenters. The van der Waals surface area contributed by atoms with Crippen LogP contribution in [0.2, 0.25) is 0 Å². The molecule has 3 rings (SSSR count). The molecule has 1 N–H and O–H groups in total. The van der Waals surface area contributed by atoms with E-state index in [1.807, 2.05) is 61.7 Å². The van der Waals surface area contributed by atoms with Crippen LogP contribution >= 0.6 is 15.9 Å². The van der Waals surface area contributed by atoms with Gasteiger partial charge in [-0.05, 0) is 62.2 Å². The number of hydrogen-bond donors (Lipinski definition) is 1. The number of carbonyl (C=O) groups is 1. The number of benzene rings is 1. The Morgan fingerprint density at radius 3 is 2.68 bits per heavy atom. The van der Waals surface area contributed by atoms with E-state index in [0.717, 1.165) is 32.6 Å². The van der Waals surface area contributed by atoms with E-state index in [0.29, 0.717) is 5.69 Å². The molecule has 1 aromatic carbocycles. The molecule has 5 heteroatoms. The lowest BCUT2D eigenvalue weighted by atomic mass is 10.2. The minimum atomic E-state index is -0.157. The van der Waals surface area contributed by atoms with Crippen LogP contribution < -0.4 is 5.32 Å². The van der Waals surface area contributed by atoms with E-state index in [1.54, 1.807) is 0 Å². The smallest absolute Gasteiger partial charge is 0.274 e. The molecule has 0 aliphatic carbocycles. The van der Waals surface area contributed by atoms with E-state index >= 15 is 0 Å². The summed E-state index contributed by atoms with van der Waals surface area (Å²) in [5.41, 5.74) is 5.03. The van der Waals surface area contributed by atoms with Crippen molar-refractivity contribution in [1.82, 2.24) is 9.38 Å². The molecule has 1 amide bonds. The summed E-state index contributed by atoms with van der Waals surface area (Å²) in [7, 11) is 0. The van der Waals surface area contributed by atoms with Crippen LogP contribution in [0.25, 0.3) is 5.65 Å². The van der Waals surface area contributed by atoms with Crippen molar-refractivity contribution in [2.24, 2.45) is 0 Å². The van der Waals surface area contributed by atoms with Gasteiger partial charge in [0.05, 0.1) is 5.69 Å². The molecule has 4 nitrogen and oxygen atoms in total. The van der Waals surface area contributed by atoms with Gasteiger partial charge in [-0.25, -0.2) is 4.98 Å². The van der Waals surface area contributed by atoms with Gasteiger partial charge in [0.2, 0.25) is 0 Å². The van der Waals surface area contributed by atoms with Crippen molar-refractivity contribution in [2.75, 3.05) is 5.32 Å². The lowest BCUT2D eigenvalue weighted by Gasteiger charge is -2.08. The maximum Gasteiger partial charge on any atom is 0.274 e. The lowest BCUT2D eigenvalue weighted by Crippen LogP contribution is -2.15. The van der Waals surface area contributed by atoms with Gasteiger partial charge in [-0.2, -0.15) is 0 Å². The zero-order valence-electron chi connectivity index (χ0n) is 12.6. The van der Waals surface area contributed by atoms with Gasteiger partial charge in [0, 0.05) is 16.4 Å². The minimum Gasteiger partial charge on any atom is -0.321 e. The molecule has 0 atom stereocenters. The number of aromatic nitrogens is 2. The summed E-state index contributed by atoms with van der Waals surface area (Å²) < 4.78 is 2.84. The van der Waals surface area contributed by atoms with Crippen molar-refractivity contribution < 1.29 is 4.79 Å². The summed E-state index contributed by atoms with van der Waals surface area (Å²) in [4.78, 5) is 17.1. The molecule has 0 aliphatic heterocycles. The molecule has 112 valence electrons. The minimum absolute atomic E-state index is 0.157. The highest BCUT2D eigenvalue weighted by Crippen LogP contribution is 2.21. The van der Waals surface area contributed by atoms with Crippen molar-refractivity contribution in [2.45, 2.75) is 20.8 Å². The van der Waals surface area contributed by atoms with E-state index in [2.05, 4.69) is 26.2 Å². The molecule has 0 bridgehead atoms. The number of amides is 1. The Balaban J connectivity index is 1.98.